The molecule has 3 aromatic carbocycles. The Balaban J connectivity index is 1.22. The molecule has 2 aromatic heterocycles. The van der Waals surface area contributed by atoms with Crippen LogP contribution in [0.1, 0.15) is 32.2 Å². The van der Waals surface area contributed by atoms with E-state index < -0.39 is 0 Å². The Bertz CT molecular complexity index is 1690. The number of anilines is 1. The first-order valence-corrected chi connectivity index (χ1v) is 12.5. The number of hydrogen-bond acceptors (Lipinski definition) is 6. The summed E-state index contributed by atoms with van der Waals surface area (Å²) in [6.45, 7) is 2.56. The molecule has 0 spiro atoms. The van der Waals surface area contributed by atoms with Gasteiger partial charge in [0.1, 0.15) is 15.6 Å². The Hall–Kier alpha value is -4.30. The third-order valence-corrected chi connectivity index (χ3v) is 7.48. The van der Waals surface area contributed by atoms with Crippen LogP contribution < -0.4 is 15.6 Å². The highest BCUT2D eigenvalue weighted by Crippen LogP contribution is 2.34. The number of rotatable bonds is 5. The highest BCUT2D eigenvalue weighted by Gasteiger charge is 2.19. The Labute approximate surface area is 210 Å². The molecule has 1 aliphatic heterocycles. The van der Waals surface area contributed by atoms with Crippen molar-refractivity contribution in [2.45, 2.75) is 19.8 Å². The highest BCUT2D eigenvalue weighted by molar-refractivity contribution is 7.17. The molecule has 1 amide bonds. The van der Waals surface area contributed by atoms with Crippen molar-refractivity contribution in [3.8, 4) is 16.3 Å². The number of benzene rings is 3. The van der Waals surface area contributed by atoms with Crippen molar-refractivity contribution in [2.24, 2.45) is 0 Å². The third kappa shape index (κ3) is 4.16. The Morgan fingerprint density at radius 1 is 1.08 bits per heavy atom. The quantitative estimate of drug-likeness (QED) is 0.353. The van der Waals surface area contributed by atoms with Gasteiger partial charge in [0, 0.05) is 29.5 Å². The maximum atomic E-state index is 13.1. The highest BCUT2D eigenvalue weighted by atomic mass is 32.1. The minimum atomic E-state index is -0.206. The van der Waals surface area contributed by atoms with Crippen molar-refractivity contribution in [3.05, 3.63) is 104 Å². The maximum Gasteiger partial charge on any atom is 0.272 e. The van der Waals surface area contributed by atoms with Gasteiger partial charge in [0.15, 0.2) is 0 Å². The van der Waals surface area contributed by atoms with Crippen molar-refractivity contribution in [3.63, 3.8) is 0 Å². The number of nitrogens with zero attached hydrogens (tertiary/aromatic N) is 2. The van der Waals surface area contributed by atoms with Crippen LogP contribution in [0, 0.1) is 6.92 Å². The molecule has 3 heterocycles. The third-order valence-electron chi connectivity index (χ3n) is 6.27. The molecule has 1 aliphatic rings. The summed E-state index contributed by atoms with van der Waals surface area (Å²) in [7, 11) is 0. The fourth-order valence-corrected chi connectivity index (χ4v) is 5.45. The molecule has 0 atom stereocenters. The molecule has 178 valence electrons. The number of aromatic amines is 1. The second kappa shape index (κ2) is 9.05. The lowest BCUT2D eigenvalue weighted by molar-refractivity contribution is 0.103. The summed E-state index contributed by atoms with van der Waals surface area (Å²) in [5.41, 5.74) is 5.10. The van der Waals surface area contributed by atoms with E-state index in [-0.39, 0.29) is 11.5 Å². The van der Waals surface area contributed by atoms with Gasteiger partial charge in [-0.05, 0) is 54.4 Å². The lowest BCUT2D eigenvalue weighted by Crippen LogP contribution is -2.12. The number of aromatic nitrogens is 3. The van der Waals surface area contributed by atoms with Crippen LogP contribution in [0.5, 0.6) is 5.75 Å². The van der Waals surface area contributed by atoms with E-state index in [4.69, 9.17) is 4.74 Å². The van der Waals surface area contributed by atoms with Gasteiger partial charge in [0.2, 0.25) is 0 Å². The van der Waals surface area contributed by atoms with Crippen molar-refractivity contribution in [1.29, 1.82) is 0 Å². The number of carbonyl (C=O) groups is 1. The second-order valence-electron chi connectivity index (χ2n) is 8.73. The van der Waals surface area contributed by atoms with E-state index in [2.05, 4.69) is 26.6 Å². The molecule has 6 rings (SSSR count). The number of nitrogens with one attached hydrogen (secondary N) is 2. The maximum absolute atomic E-state index is 13.1. The Kier molecular flexibility index (Phi) is 5.58. The van der Waals surface area contributed by atoms with E-state index in [9.17, 15) is 9.59 Å². The SMILES string of the molecule is Cc1nc(-c2ccc3c(c2)CCO3)sc1C(=O)Nc1cccc(Cc2n[nH]c(=O)c3ccccc23)c1. The molecule has 36 heavy (non-hydrogen) atoms. The summed E-state index contributed by atoms with van der Waals surface area (Å²) >= 11 is 1.39. The van der Waals surface area contributed by atoms with Gasteiger partial charge in [-0.3, -0.25) is 9.59 Å². The minimum Gasteiger partial charge on any atom is -0.493 e. The molecule has 0 bridgehead atoms. The van der Waals surface area contributed by atoms with Crippen molar-refractivity contribution < 1.29 is 9.53 Å². The van der Waals surface area contributed by atoms with Crippen molar-refractivity contribution in [1.82, 2.24) is 15.2 Å². The van der Waals surface area contributed by atoms with Crippen LogP contribution in [0.4, 0.5) is 5.69 Å². The smallest absolute Gasteiger partial charge is 0.272 e. The first-order valence-electron chi connectivity index (χ1n) is 11.7. The van der Waals surface area contributed by atoms with Crippen molar-refractivity contribution >= 4 is 33.7 Å². The Morgan fingerprint density at radius 3 is 2.83 bits per heavy atom. The zero-order valence-corrected chi connectivity index (χ0v) is 20.3. The summed E-state index contributed by atoms with van der Waals surface area (Å²) in [4.78, 5) is 30.5. The molecule has 2 N–H and O–H groups in total. The number of hydrogen-bond donors (Lipinski definition) is 2. The zero-order valence-electron chi connectivity index (χ0n) is 19.5. The predicted molar refractivity (Wildman–Crippen MR) is 141 cm³/mol. The molecule has 0 saturated carbocycles. The number of H-pyrrole nitrogens is 1. The van der Waals surface area contributed by atoms with Crippen LogP contribution in [-0.4, -0.2) is 27.7 Å². The van der Waals surface area contributed by atoms with Crippen LogP contribution >= 0.6 is 11.3 Å². The minimum absolute atomic E-state index is 0.189. The monoisotopic (exact) mass is 494 g/mol. The van der Waals surface area contributed by atoms with Crippen LogP contribution in [0.2, 0.25) is 0 Å². The van der Waals surface area contributed by atoms with Crippen LogP contribution in [0.3, 0.4) is 0 Å². The van der Waals surface area contributed by atoms with Gasteiger partial charge in [0.05, 0.1) is 23.4 Å². The lowest BCUT2D eigenvalue weighted by Gasteiger charge is -2.08. The Morgan fingerprint density at radius 2 is 1.94 bits per heavy atom. The molecular formula is C28H22N4O3S. The molecule has 0 saturated heterocycles. The molecule has 5 aromatic rings. The van der Waals surface area contributed by atoms with Gasteiger partial charge in [-0.2, -0.15) is 5.10 Å². The van der Waals surface area contributed by atoms with Gasteiger partial charge >= 0.3 is 0 Å². The van der Waals surface area contributed by atoms with Crippen LogP contribution in [0.25, 0.3) is 21.3 Å². The van der Waals surface area contributed by atoms with E-state index in [0.717, 1.165) is 39.4 Å². The lowest BCUT2D eigenvalue weighted by atomic mass is 10.0. The molecule has 8 heteroatoms. The molecule has 7 nitrogen and oxygen atoms in total. The number of fused-ring (bicyclic) bond motifs is 2. The van der Waals surface area contributed by atoms with Crippen LogP contribution in [0.15, 0.2) is 71.5 Å². The summed E-state index contributed by atoms with van der Waals surface area (Å²) < 4.78 is 5.60. The standard InChI is InChI=1S/C28H22N4O3S/c1-16-25(36-28(29-16)19-9-10-24-18(15-19)11-12-35-24)27(34)30-20-6-4-5-17(13-20)14-23-21-7-2-3-8-22(21)26(33)32-31-23/h2-10,13,15H,11-12,14H2,1H3,(H,30,34)(H,32,33). The average Bonchev–Trinajstić information content (AvgIpc) is 3.52. The molecule has 0 aliphatic carbocycles. The summed E-state index contributed by atoms with van der Waals surface area (Å²) in [5, 5.41) is 12.1. The normalized spacial score (nSPS) is 12.4. The van der Waals surface area contributed by atoms with Gasteiger partial charge in [-0.1, -0.05) is 30.3 Å². The molecule has 0 radical (unpaired) electrons. The summed E-state index contributed by atoms with van der Waals surface area (Å²) in [6.07, 6.45) is 1.41. The predicted octanol–water partition coefficient (Wildman–Crippen LogP) is 5.13. The largest absolute Gasteiger partial charge is 0.493 e. The van der Waals surface area contributed by atoms with Crippen LogP contribution in [-0.2, 0) is 12.8 Å². The van der Waals surface area contributed by atoms with E-state index in [0.29, 0.717) is 34.7 Å². The van der Waals surface area contributed by atoms with Gasteiger partial charge in [-0.15, -0.1) is 11.3 Å². The number of aryl methyl sites for hydroxylation is 1. The van der Waals surface area contributed by atoms with E-state index >= 15 is 0 Å². The van der Waals surface area contributed by atoms with E-state index in [1.54, 1.807) is 6.07 Å². The van der Waals surface area contributed by atoms with Crippen molar-refractivity contribution in [2.75, 3.05) is 11.9 Å². The van der Waals surface area contributed by atoms with Gasteiger partial charge < -0.3 is 10.1 Å². The van der Waals surface area contributed by atoms with Gasteiger partial charge in [-0.25, -0.2) is 10.1 Å². The molecular weight excluding hydrogens is 472 g/mol. The fourth-order valence-electron chi connectivity index (χ4n) is 4.50. The summed E-state index contributed by atoms with van der Waals surface area (Å²) in [5.74, 6) is 0.737. The first kappa shape index (κ1) is 22.2. The van der Waals surface area contributed by atoms with E-state index in [1.807, 2.05) is 61.5 Å². The topological polar surface area (TPSA) is 97.0 Å². The first-order chi connectivity index (χ1) is 17.5. The zero-order chi connectivity index (χ0) is 24.6. The number of amides is 1. The van der Waals surface area contributed by atoms with E-state index in [1.165, 1.54) is 16.9 Å². The second-order valence-corrected chi connectivity index (χ2v) is 9.73. The number of ether oxygens (including phenoxy) is 1. The van der Waals surface area contributed by atoms with Gasteiger partial charge in [0.25, 0.3) is 11.5 Å². The number of thiazole rings is 1. The summed E-state index contributed by atoms with van der Waals surface area (Å²) in [6, 6.07) is 21.1. The molecule has 0 fully saturated rings. The molecule has 0 unspecified atom stereocenters. The number of carbonyl (C=O) groups excluding carboxylic acids is 1. The fraction of sp³-hybridized carbons (Fsp3) is 0.143. The average molecular weight is 495 g/mol.